The van der Waals surface area contributed by atoms with Crippen molar-refractivity contribution in [2.24, 2.45) is 4.99 Å². The predicted octanol–water partition coefficient (Wildman–Crippen LogP) is 3.40. The quantitative estimate of drug-likeness (QED) is 0.412. The minimum atomic E-state index is -0.263. The van der Waals surface area contributed by atoms with Crippen molar-refractivity contribution in [1.82, 2.24) is 15.4 Å². The summed E-state index contributed by atoms with van der Waals surface area (Å²) in [6.07, 6.45) is 1.53. The molecule has 1 aromatic carbocycles. The van der Waals surface area contributed by atoms with E-state index in [1.54, 1.807) is 19.2 Å². The molecule has 120 valence electrons. The van der Waals surface area contributed by atoms with Gasteiger partial charge < -0.3 is 14.7 Å². The lowest BCUT2D eigenvalue weighted by atomic mass is 10.2. The number of nitrogens with one attached hydrogen (secondary N) is 1. The second-order valence-electron chi connectivity index (χ2n) is 4.48. The summed E-state index contributed by atoms with van der Waals surface area (Å²) in [5.41, 5.74) is 1.64. The summed E-state index contributed by atoms with van der Waals surface area (Å²) < 4.78 is 18.9. The van der Waals surface area contributed by atoms with Crippen LogP contribution in [0.2, 0.25) is 0 Å². The van der Waals surface area contributed by atoms with Crippen LogP contribution in [0, 0.1) is 5.82 Å². The van der Waals surface area contributed by atoms with Crippen molar-refractivity contribution in [3.63, 3.8) is 0 Å². The molecule has 1 heterocycles. The monoisotopic (exact) mass is 482 g/mol. The molecule has 8 heteroatoms. The molecule has 0 radical (unpaired) electrons. The summed E-state index contributed by atoms with van der Waals surface area (Å²) in [7, 11) is 3.59. The lowest BCUT2D eigenvalue weighted by Gasteiger charge is -2.21. The van der Waals surface area contributed by atoms with Crippen LogP contribution in [0.5, 0.6) is 0 Å². The van der Waals surface area contributed by atoms with Gasteiger partial charge in [-0.15, -0.1) is 24.0 Å². The van der Waals surface area contributed by atoms with E-state index >= 15 is 0 Å². The van der Waals surface area contributed by atoms with Crippen molar-refractivity contribution in [3.8, 4) is 0 Å². The highest BCUT2D eigenvalue weighted by Crippen LogP contribution is 2.17. The first-order valence-electron chi connectivity index (χ1n) is 6.35. The fraction of sp³-hybridized carbons (Fsp3) is 0.286. The zero-order valence-corrected chi connectivity index (χ0v) is 16.1. The van der Waals surface area contributed by atoms with Gasteiger partial charge in [-0.05, 0) is 23.8 Å². The van der Waals surface area contributed by atoms with Crippen LogP contribution in [-0.4, -0.2) is 30.1 Å². The van der Waals surface area contributed by atoms with E-state index in [1.807, 2.05) is 11.9 Å². The van der Waals surface area contributed by atoms with Gasteiger partial charge in [-0.3, -0.25) is 4.99 Å². The molecular weight excluding hydrogens is 466 g/mol. The summed E-state index contributed by atoms with van der Waals surface area (Å²) in [4.78, 5) is 6.11. The molecule has 0 unspecified atom stereocenters. The first-order chi connectivity index (χ1) is 10.1. The summed E-state index contributed by atoms with van der Waals surface area (Å²) in [6, 6.07) is 6.39. The Balaban J connectivity index is 0.00000242. The zero-order chi connectivity index (χ0) is 15.2. The number of nitrogens with zero attached hydrogens (tertiary/aromatic N) is 3. The lowest BCUT2D eigenvalue weighted by Crippen LogP contribution is -2.38. The average molecular weight is 483 g/mol. The van der Waals surface area contributed by atoms with Gasteiger partial charge in [0.1, 0.15) is 17.8 Å². The van der Waals surface area contributed by atoms with Crippen molar-refractivity contribution in [2.75, 3.05) is 14.1 Å². The number of guanidine groups is 1. The zero-order valence-electron chi connectivity index (χ0n) is 12.2. The van der Waals surface area contributed by atoms with E-state index in [4.69, 9.17) is 4.52 Å². The molecule has 0 aliphatic carbocycles. The molecule has 0 bridgehead atoms. The summed E-state index contributed by atoms with van der Waals surface area (Å²) in [6.45, 7) is 1.04. The minimum absolute atomic E-state index is 0. The van der Waals surface area contributed by atoms with Crippen molar-refractivity contribution >= 4 is 45.9 Å². The molecule has 0 spiro atoms. The van der Waals surface area contributed by atoms with E-state index in [-0.39, 0.29) is 29.8 Å². The van der Waals surface area contributed by atoms with Crippen LogP contribution in [0.15, 0.2) is 44.5 Å². The fourth-order valence-corrected chi connectivity index (χ4v) is 2.26. The second kappa shape index (κ2) is 9.09. The molecular formula is C14H17BrFIN4O. The Bertz CT molecular complexity index is 621. The Labute approximate surface area is 154 Å². The van der Waals surface area contributed by atoms with Gasteiger partial charge in [0, 0.05) is 31.2 Å². The van der Waals surface area contributed by atoms with Gasteiger partial charge in [-0.1, -0.05) is 21.1 Å². The van der Waals surface area contributed by atoms with Crippen LogP contribution >= 0.6 is 39.9 Å². The minimum Gasteiger partial charge on any atom is -0.364 e. The van der Waals surface area contributed by atoms with Crippen molar-refractivity contribution in [3.05, 3.63) is 52.1 Å². The Morgan fingerprint density at radius 3 is 2.86 bits per heavy atom. The Morgan fingerprint density at radius 1 is 1.45 bits per heavy atom. The fourth-order valence-electron chi connectivity index (χ4n) is 1.87. The van der Waals surface area contributed by atoms with E-state index < -0.39 is 0 Å². The van der Waals surface area contributed by atoms with Crippen LogP contribution in [0.4, 0.5) is 4.39 Å². The third kappa shape index (κ3) is 5.24. The average Bonchev–Trinajstić information content (AvgIpc) is 2.96. The largest absolute Gasteiger partial charge is 0.364 e. The molecule has 0 amide bonds. The number of hydrogen-bond acceptors (Lipinski definition) is 3. The van der Waals surface area contributed by atoms with Gasteiger partial charge in [0.15, 0.2) is 5.96 Å². The van der Waals surface area contributed by atoms with E-state index in [1.165, 1.54) is 18.4 Å². The number of rotatable bonds is 4. The molecule has 5 nitrogen and oxygen atoms in total. The maximum atomic E-state index is 13.3. The molecule has 0 fully saturated rings. The second-order valence-corrected chi connectivity index (χ2v) is 5.34. The molecule has 1 aromatic heterocycles. The number of aliphatic imine (C=N–C) groups is 1. The molecule has 0 atom stereocenters. The predicted molar refractivity (Wildman–Crippen MR) is 97.7 cm³/mol. The highest BCUT2D eigenvalue weighted by molar-refractivity contribution is 14.0. The first kappa shape index (κ1) is 18.9. The summed E-state index contributed by atoms with van der Waals surface area (Å²) in [5.74, 6) is 0.426. The molecule has 0 saturated heterocycles. The SMILES string of the molecule is CN=C(NCc1cc(F)ccc1Br)N(C)Cc1ccon1.I. The topological polar surface area (TPSA) is 53.7 Å². The Kier molecular flexibility index (Phi) is 7.80. The number of hydrogen-bond donors (Lipinski definition) is 1. The van der Waals surface area contributed by atoms with Gasteiger partial charge >= 0.3 is 0 Å². The van der Waals surface area contributed by atoms with E-state index in [0.29, 0.717) is 19.0 Å². The maximum absolute atomic E-state index is 13.3. The number of benzene rings is 1. The van der Waals surface area contributed by atoms with Gasteiger partial charge in [-0.2, -0.15) is 0 Å². The van der Waals surface area contributed by atoms with Crippen LogP contribution in [-0.2, 0) is 13.1 Å². The lowest BCUT2D eigenvalue weighted by molar-refractivity contribution is 0.391. The van der Waals surface area contributed by atoms with Gasteiger partial charge in [-0.25, -0.2) is 4.39 Å². The Hall–Kier alpha value is -1.16. The molecule has 2 aromatic rings. The van der Waals surface area contributed by atoms with Crippen molar-refractivity contribution < 1.29 is 8.91 Å². The third-order valence-electron chi connectivity index (χ3n) is 2.91. The van der Waals surface area contributed by atoms with Gasteiger partial charge in [0.25, 0.3) is 0 Å². The molecule has 2 rings (SSSR count). The van der Waals surface area contributed by atoms with Crippen LogP contribution in [0.25, 0.3) is 0 Å². The first-order valence-corrected chi connectivity index (χ1v) is 7.14. The molecule has 22 heavy (non-hydrogen) atoms. The van der Waals surface area contributed by atoms with E-state index in [0.717, 1.165) is 15.7 Å². The number of aromatic nitrogens is 1. The maximum Gasteiger partial charge on any atom is 0.194 e. The number of halogens is 3. The standard InChI is InChI=1S/C14H16BrFN4O.HI/c1-17-14(20(2)9-12-5-6-21-19-12)18-8-10-7-11(16)3-4-13(10)15;/h3-7H,8-9H2,1-2H3,(H,17,18);1H. The molecule has 1 N–H and O–H groups in total. The van der Waals surface area contributed by atoms with Gasteiger partial charge in [0.2, 0.25) is 0 Å². The molecule has 0 aliphatic heterocycles. The molecule has 0 saturated carbocycles. The van der Waals surface area contributed by atoms with E-state index in [2.05, 4.69) is 31.4 Å². The highest BCUT2D eigenvalue weighted by atomic mass is 127. The van der Waals surface area contributed by atoms with Gasteiger partial charge in [0.05, 0.1) is 6.54 Å². The summed E-state index contributed by atoms with van der Waals surface area (Å²) in [5, 5.41) is 7.05. The Morgan fingerprint density at radius 2 is 2.23 bits per heavy atom. The van der Waals surface area contributed by atoms with E-state index in [9.17, 15) is 4.39 Å². The van der Waals surface area contributed by atoms with Crippen molar-refractivity contribution in [1.29, 1.82) is 0 Å². The van der Waals surface area contributed by atoms with Crippen molar-refractivity contribution in [2.45, 2.75) is 13.1 Å². The van der Waals surface area contributed by atoms with Crippen LogP contribution in [0.3, 0.4) is 0 Å². The molecule has 0 aliphatic rings. The van der Waals surface area contributed by atoms with Crippen LogP contribution < -0.4 is 5.32 Å². The third-order valence-corrected chi connectivity index (χ3v) is 3.68. The summed E-state index contributed by atoms with van der Waals surface area (Å²) >= 11 is 3.41. The van der Waals surface area contributed by atoms with Crippen LogP contribution in [0.1, 0.15) is 11.3 Å². The smallest absolute Gasteiger partial charge is 0.194 e. The normalized spacial score (nSPS) is 11.0. The highest BCUT2D eigenvalue weighted by Gasteiger charge is 2.09.